The van der Waals surface area contributed by atoms with Gasteiger partial charge in [0, 0.05) is 17.3 Å². The third-order valence-electron chi connectivity index (χ3n) is 4.69. The van der Waals surface area contributed by atoms with E-state index in [4.69, 9.17) is 14.2 Å². The van der Waals surface area contributed by atoms with E-state index in [2.05, 4.69) is 46.8 Å². The van der Waals surface area contributed by atoms with Crippen LogP contribution in [0.4, 0.5) is 0 Å². The number of ether oxygens (including phenoxy) is 3. The lowest BCUT2D eigenvalue weighted by Crippen LogP contribution is -1.98. The van der Waals surface area contributed by atoms with Crippen molar-refractivity contribution in [3.63, 3.8) is 0 Å². The highest BCUT2D eigenvalue weighted by molar-refractivity contribution is 7.13. The van der Waals surface area contributed by atoms with Crippen molar-refractivity contribution in [3.8, 4) is 27.8 Å². The van der Waals surface area contributed by atoms with Crippen LogP contribution >= 0.6 is 11.3 Å². The molecule has 4 nitrogen and oxygen atoms in total. The number of hydrogen-bond acceptors (Lipinski definition) is 4. The molecule has 4 aromatic rings. The molecule has 2 heterocycles. The predicted octanol–water partition coefficient (Wildman–Crippen LogP) is 5.51. The molecule has 0 unspecified atom stereocenters. The van der Waals surface area contributed by atoms with Crippen LogP contribution in [0.5, 0.6) is 17.2 Å². The Kier molecular flexibility index (Phi) is 4.77. The van der Waals surface area contributed by atoms with Crippen molar-refractivity contribution >= 4 is 22.2 Å². The molecule has 27 heavy (non-hydrogen) atoms. The molecule has 1 N–H and O–H groups in total. The lowest BCUT2D eigenvalue weighted by molar-refractivity contribution is 0.324. The van der Waals surface area contributed by atoms with Crippen LogP contribution in [0.2, 0.25) is 0 Å². The first kappa shape index (κ1) is 17.5. The minimum absolute atomic E-state index is 0.612. The van der Waals surface area contributed by atoms with Crippen LogP contribution in [0.1, 0.15) is 11.1 Å². The number of benzene rings is 2. The highest BCUT2D eigenvalue weighted by Crippen LogP contribution is 2.40. The Bertz CT molecular complexity index is 1040. The summed E-state index contributed by atoms with van der Waals surface area (Å²) in [5, 5.41) is 3.33. The van der Waals surface area contributed by atoms with Crippen LogP contribution in [0.3, 0.4) is 0 Å². The number of methoxy groups -OCH3 is 3. The van der Waals surface area contributed by atoms with Crippen molar-refractivity contribution in [2.45, 2.75) is 6.42 Å². The van der Waals surface area contributed by atoms with Gasteiger partial charge in [0.05, 0.1) is 31.9 Å². The summed E-state index contributed by atoms with van der Waals surface area (Å²) < 4.78 is 16.5. The van der Waals surface area contributed by atoms with Crippen LogP contribution in [0.15, 0.2) is 53.9 Å². The molecule has 138 valence electrons. The van der Waals surface area contributed by atoms with Crippen molar-refractivity contribution in [3.05, 3.63) is 65.0 Å². The van der Waals surface area contributed by atoms with Crippen molar-refractivity contribution in [2.24, 2.45) is 0 Å². The van der Waals surface area contributed by atoms with Crippen LogP contribution in [0.25, 0.3) is 21.5 Å². The van der Waals surface area contributed by atoms with Crippen molar-refractivity contribution in [1.82, 2.24) is 4.98 Å². The first-order chi connectivity index (χ1) is 13.2. The average molecular weight is 379 g/mol. The first-order valence-electron chi connectivity index (χ1n) is 8.67. The van der Waals surface area contributed by atoms with Crippen molar-refractivity contribution < 1.29 is 14.2 Å². The third kappa shape index (κ3) is 3.15. The fourth-order valence-electron chi connectivity index (χ4n) is 3.46. The van der Waals surface area contributed by atoms with Crippen molar-refractivity contribution in [2.75, 3.05) is 21.3 Å². The molecule has 0 aliphatic rings. The quantitative estimate of drug-likeness (QED) is 0.480. The van der Waals surface area contributed by atoms with Gasteiger partial charge in [-0.2, -0.15) is 0 Å². The van der Waals surface area contributed by atoms with Crippen LogP contribution in [-0.4, -0.2) is 26.3 Å². The van der Waals surface area contributed by atoms with Gasteiger partial charge in [0.25, 0.3) is 0 Å². The van der Waals surface area contributed by atoms with Crippen LogP contribution in [-0.2, 0) is 6.42 Å². The highest BCUT2D eigenvalue weighted by atomic mass is 32.1. The Labute approximate surface area is 162 Å². The zero-order valence-corrected chi connectivity index (χ0v) is 16.4. The molecule has 0 amide bonds. The van der Waals surface area contributed by atoms with E-state index in [0.29, 0.717) is 17.2 Å². The fourth-order valence-corrected chi connectivity index (χ4v) is 4.21. The van der Waals surface area contributed by atoms with Gasteiger partial charge in [-0.25, -0.2) is 0 Å². The van der Waals surface area contributed by atoms with Gasteiger partial charge < -0.3 is 19.2 Å². The second-order valence-corrected chi connectivity index (χ2v) is 7.16. The van der Waals surface area contributed by atoms with E-state index in [1.54, 1.807) is 32.7 Å². The van der Waals surface area contributed by atoms with Gasteiger partial charge in [-0.1, -0.05) is 24.3 Å². The molecule has 0 saturated heterocycles. The fraction of sp³-hybridized carbons (Fsp3) is 0.182. The van der Waals surface area contributed by atoms with Gasteiger partial charge in [0.1, 0.15) is 0 Å². The monoisotopic (exact) mass is 379 g/mol. The maximum absolute atomic E-state index is 5.52. The van der Waals surface area contributed by atoms with Gasteiger partial charge in [-0.3, -0.25) is 0 Å². The Hall–Kier alpha value is -2.92. The Morgan fingerprint density at radius 1 is 0.889 bits per heavy atom. The van der Waals surface area contributed by atoms with Gasteiger partial charge in [-0.05, 0) is 40.8 Å². The van der Waals surface area contributed by atoms with E-state index >= 15 is 0 Å². The molecule has 0 aliphatic carbocycles. The number of thiophene rings is 1. The van der Waals surface area contributed by atoms with Crippen LogP contribution < -0.4 is 14.2 Å². The minimum atomic E-state index is 0.612. The number of aromatic nitrogens is 1. The Morgan fingerprint density at radius 3 is 2.26 bits per heavy atom. The summed E-state index contributed by atoms with van der Waals surface area (Å²) in [6, 6.07) is 16.7. The lowest BCUT2D eigenvalue weighted by Gasteiger charge is -2.14. The summed E-state index contributed by atoms with van der Waals surface area (Å²) in [6.45, 7) is 0. The van der Waals surface area contributed by atoms with Gasteiger partial charge in [-0.15, -0.1) is 11.3 Å². The Morgan fingerprint density at radius 2 is 1.63 bits per heavy atom. The maximum Gasteiger partial charge on any atom is 0.203 e. The summed E-state index contributed by atoms with van der Waals surface area (Å²) >= 11 is 1.74. The third-order valence-corrected chi connectivity index (χ3v) is 5.57. The molecule has 2 aromatic carbocycles. The van der Waals surface area contributed by atoms with E-state index < -0.39 is 0 Å². The summed E-state index contributed by atoms with van der Waals surface area (Å²) in [7, 11) is 4.91. The Balaban J connectivity index is 1.85. The standard InChI is InChI=1S/C22H21NO3S/c1-24-18-12-14(13-19(25-2)22(18)26-3)11-16-15-7-4-5-8-17(15)23-21(16)20-9-6-10-27-20/h4-10,12-13,23H,11H2,1-3H3. The summed E-state index contributed by atoms with van der Waals surface area (Å²) in [4.78, 5) is 4.82. The number of nitrogens with one attached hydrogen (secondary N) is 1. The topological polar surface area (TPSA) is 43.5 Å². The molecule has 0 aliphatic heterocycles. The maximum atomic E-state index is 5.52. The zero-order chi connectivity index (χ0) is 18.8. The average Bonchev–Trinajstić information content (AvgIpc) is 3.35. The molecular formula is C22H21NO3S. The normalized spacial score (nSPS) is 10.9. The molecule has 2 aromatic heterocycles. The zero-order valence-electron chi connectivity index (χ0n) is 15.5. The molecule has 0 saturated carbocycles. The van der Waals surface area contributed by atoms with Gasteiger partial charge in [0.15, 0.2) is 11.5 Å². The number of para-hydroxylation sites is 1. The number of H-pyrrole nitrogens is 1. The lowest BCUT2D eigenvalue weighted by atomic mass is 10.00. The van der Waals surface area contributed by atoms with E-state index in [1.165, 1.54) is 21.5 Å². The summed E-state index contributed by atoms with van der Waals surface area (Å²) in [5.74, 6) is 1.95. The molecule has 0 radical (unpaired) electrons. The predicted molar refractivity (Wildman–Crippen MR) is 111 cm³/mol. The van der Waals surface area contributed by atoms with E-state index in [-0.39, 0.29) is 0 Å². The summed E-state index contributed by atoms with van der Waals surface area (Å²) in [5.41, 5.74) is 4.68. The van der Waals surface area contributed by atoms with Crippen LogP contribution in [0, 0.1) is 0 Å². The van der Waals surface area contributed by atoms with Gasteiger partial charge in [0.2, 0.25) is 5.75 Å². The second kappa shape index (κ2) is 7.37. The second-order valence-electron chi connectivity index (χ2n) is 6.21. The minimum Gasteiger partial charge on any atom is -0.493 e. The number of rotatable bonds is 6. The summed E-state index contributed by atoms with van der Waals surface area (Å²) in [6.07, 6.45) is 0.758. The van der Waals surface area contributed by atoms with E-state index in [1.807, 2.05) is 12.1 Å². The van der Waals surface area contributed by atoms with Crippen molar-refractivity contribution in [1.29, 1.82) is 0 Å². The molecule has 0 atom stereocenters. The first-order valence-corrected chi connectivity index (χ1v) is 9.55. The number of hydrogen-bond donors (Lipinski definition) is 1. The molecule has 0 spiro atoms. The molecular weight excluding hydrogens is 358 g/mol. The van der Waals surface area contributed by atoms with Gasteiger partial charge >= 0.3 is 0 Å². The molecule has 0 fully saturated rings. The number of fused-ring (bicyclic) bond motifs is 1. The SMILES string of the molecule is COc1cc(Cc2c(-c3cccs3)[nH]c3ccccc23)cc(OC)c1OC. The largest absolute Gasteiger partial charge is 0.493 e. The highest BCUT2D eigenvalue weighted by Gasteiger charge is 2.18. The molecule has 0 bridgehead atoms. The van der Waals surface area contributed by atoms with E-state index in [9.17, 15) is 0 Å². The molecule has 5 heteroatoms. The van der Waals surface area contributed by atoms with E-state index in [0.717, 1.165) is 17.5 Å². The number of aromatic amines is 1. The smallest absolute Gasteiger partial charge is 0.203 e. The molecule has 4 rings (SSSR count).